The maximum absolute atomic E-state index is 13.7. The molecule has 3 amide bonds. The number of ether oxygens (including phenoxy) is 4. The molecule has 3 N–H and O–H groups in total. The SMILES string of the molecule is CCC(C)[C@@H](C(=O)N(C)[C@H](C(=O)OCc1ccccc1)C(C)CC)N(C)C(=O)OC(C)(C)C.CCC(C)[C@@H](C(=O)O)N(C)C(=O)OC(C)(C)C.CCC(C)[C@H]([NH2+]C)C(=O)OCc1ccccc1.[Cl-]. The summed E-state index contributed by atoms with van der Waals surface area (Å²) in [5.74, 6) is -1.92. The van der Waals surface area contributed by atoms with E-state index in [-0.39, 0.29) is 54.7 Å². The first-order valence-electron chi connectivity index (χ1n) is 23.7. The number of nitrogens with two attached hydrogens (primary N) is 1. The van der Waals surface area contributed by atoms with Crippen molar-refractivity contribution in [3.8, 4) is 0 Å². The third-order valence-electron chi connectivity index (χ3n) is 11.6. The molecule has 0 aliphatic carbocycles. The van der Waals surface area contributed by atoms with Gasteiger partial charge in [-0.3, -0.25) is 14.6 Å². The Morgan fingerprint density at radius 1 is 0.544 bits per heavy atom. The Kier molecular flexibility index (Phi) is 30.7. The number of halogens is 1. The molecule has 2 aromatic carbocycles. The van der Waals surface area contributed by atoms with Crippen molar-refractivity contribution < 1.29 is 70.5 Å². The standard InChI is InChI=1S/C26H42N2O5.C14H21NO2.C12H23NO4.ClH/c1-10-18(3)21(28(9)25(31)33-26(5,6)7)23(29)27(8)22(19(4)11-2)24(30)32-17-20-15-13-12-14-16-20;1-4-11(2)13(15-3)14(16)17-10-12-8-6-5-7-9-12;1-7-8(2)9(10(14)15)13(6)11(16)17-12(3,4)5;/h12-16,18-19,21-22H,10-11,17H2,1-9H3;5-9,11,13,15H,4,10H2,1-3H3;8-9H,7H2,1-6H3,(H,14,15);1H/t18?,19?,21-,22-;11?,13-;8?,9-;/m000./s1. The Hall–Kier alpha value is -4.89. The van der Waals surface area contributed by atoms with Crippen LogP contribution in [-0.4, -0.2) is 119 Å². The van der Waals surface area contributed by atoms with Gasteiger partial charge >= 0.3 is 30.1 Å². The van der Waals surface area contributed by atoms with Crippen LogP contribution in [0.2, 0.25) is 0 Å². The van der Waals surface area contributed by atoms with Crippen molar-refractivity contribution in [1.29, 1.82) is 0 Å². The van der Waals surface area contributed by atoms with E-state index in [4.69, 9.17) is 24.1 Å². The van der Waals surface area contributed by atoms with E-state index in [1.54, 1.807) is 62.6 Å². The molecule has 15 nitrogen and oxygen atoms in total. The van der Waals surface area contributed by atoms with Gasteiger partial charge in [0.15, 0.2) is 6.04 Å². The molecular formula is C52H87ClN4O11. The van der Waals surface area contributed by atoms with Gasteiger partial charge in [0.1, 0.15) is 42.5 Å². The fraction of sp³-hybridized carbons (Fsp3) is 0.654. The van der Waals surface area contributed by atoms with Crippen LogP contribution in [0.25, 0.3) is 0 Å². The summed E-state index contributed by atoms with van der Waals surface area (Å²) >= 11 is 0. The molecule has 2 aromatic rings. The highest BCUT2D eigenvalue weighted by molar-refractivity contribution is 5.90. The second kappa shape index (κ2) is 32.0. The molecule has 0 bridgehead atoms. The molecule has 2 rings (SSSR count). The average Bonchev–Trinajstić information content (AvgIpc) is 3.27. The van der Waals surface area contributed by atoms with E-state index in [0.717, 1.165) is 22.4 Å². The predicted octanol–water partition coefficient (Wildman–Crippen LogP) is 5.58. The summed E-state index contributed by atoms with van der Waals surface area (Å²) in [6.45, 7) is 26.7. The van der Waals surface area contributed by atoms with E-state index in [9.17, 15) is 28.8 Å². The van der Waals surface area contributed by atoms with Crippen molar-refractivity contribution >= 4 is 36.0 Å². The minimum Gasteiger partial charge on any atom is -1.00 e. The number of carbonyl (C=O) groups excluding carboxylic acids is 5. The number of carboxylic acid groups (broad SMARTS) is 1. The summed E-state index contributed by atoms with van der Waals surface area (Å²) in [7, 11) is 6.56. The molecule has 0 spiro atoms. The summed E-state index contributed by atoms with van der Waals surface area (Å²) < 4.78 is 21.6. The molecule has 4 unspecified atom stereocenters. The van der Waals surface area contributed by atoms with Crippen molar-refractivity contribution in [1.82, 2.24) is 14.7 Å². The third-order valence-corrected chi connectivity index (χ3v) is 11.6. The number of nitrogens with zero attached hydrogens (tertiary/aromatic N) is 3. The van der Waals surface area contributed by atoms with Crippen LogP contribution in [0.15, 0.2) is 60.7 Å². The Labute approximate surface area is 414 Å². The van der Waals surface area contributed by atoms with Gasteiger partial charge in [0.25, 0.3) is 0 Å². The summed E-state index contributed by atoms with van der Waals surface area (Å²) in [4.78, 5) is 78.3. The molecule has 0 saturated heterocycles. The van der Waals surface area contributed by atoms with E-state index in [1.165, 1.54) is 16.8 Å². The van der Waals surface area contributed by atoms with Gasteiger partial charge in [0.2, 0.25) is 5.91 Å². The second-order valence-electron chi connectivity index (χ2n) is 19.4. The van der Waals surface area contributed by atoms with Crippen LogP contribution in [0.4, 0.5) is 9.59 Å². The van der Waals surface area contributed by atoms with E-state index in [0.29, 0.717) is 31.8 Å². The summed E-state index contributed by atoms with van der Waals surface area (Å²) in [6.07, 6.45) is 1.87. The zero-order valence-corrected chi connectivity index (χ0v) is 45.2. The number of hydrogen-bond donors (Lipinski definition) is 2. The highest BCUT2D eigenvalue weighted by Crippen LogP contribution is 2.24. The Morgan fingerprint density at radius 3 is 1.22 bits per heavy atom. The zero-order chi connectivity index (χ0) is 51.8. The lowest BCUT2D eigenvalue weighted by molar-refractivity contribution is -0.658. The predicted molar refractivity (Wildman–Crippen MR) is 262 cm³/mol. The molecule has 68 heavy (non-hydrogen) atoms. The number of hydrogen-bond acceptors (Lipinski definition) is 10. The molecule has 8 atom stereocenters. The summed E-state index contributed by atoms with van der Waals surface area (Å²) in [5, 5.41) is 11.1. The van der Waals surface area contributed by atoms with Crippen LogP contribution in [0.1, 0.15) is 134 Å². The lowest BCUT2D eigenvalue weighted by Gasteiger charge is -2.38. The van der Waals surface area contributed by atoms with Crippen LogP contribution in [0.3, 0.4) is 0 Å². The van der Waals surface area contributed by atoms with Gasteiger partial charge in [0.05, 0.1) is 7.05 Å². The third kappa shape index (κ3) is 23.4. The van der Waals surface area contributed by atoms with E-state index in [1.807, 2.05) is 108 Å². The number of carbonyl (C=O) groups is 6. The van der Waals surface area contributed by atoms with Gasteiger partial charge in [-0.25, -0.2) is 24.0 Å². The number of esters is 2. The Bertz CT molecular complexity index is 1790. The van der Waals surface area contributed by atoms with Crippen molar-refractivity contribution in [3.05, 3.63) is 71.8 Å². The first kappa shape index (κ1) is 65.2. The quantitative estimate of drug-likeness (QED) is 0.125. The van der Waals surface area contributed by atoms with Crippen LogP contribution < -0.4 is 17.7 Å². The first-order valence-corrected chi connectivity index (χ1v) is 23.7. The molecule has 0 fully saturated rings. The normalized spacial score (nSPS) is 14.6. The molecule has 0 aromatic heterocycles. The Morgan fingerprint density at radius 2 is 0.882 bits per heavy atom. The lowest BCUT2D eigenvalue weighted by atomic mass is 9.93. The molecule has 16 heteroatoms. The number of amides is 3. The maximum Gasteiger partial charge on any atom is 0.410 e. The number of carboxylic acids is 1. The highest BCUT2D eigenvalue weighted by Gasteiger charge is 2.41. The minimum absolute atomic E-state index is 0. The number of benzene rings is 2. The molecule has 0 heterocycles. The number of aliphatic carboxylic acids is 1. The zero-order valence-electron chi connectivity index (χ0n) is 44.5. The molecule has 0 aliphatic rings. The number of likely N-dealkylation sites (N-methyl/N-ethyl adjacent to an activating group) is 4. The van der Waals surface area contributed by atoms with E-state index < -0.39 is 53.5 Å². The monoisotopic (exact) mass is 979 g/mol. The van der Waals surface area contributed by atoms with Crippen molar-refractivity contribution in [2.75, 3.05) is 28.2 Å². The Balaban J connectivity index is 0. The van der Waals surface area contributed by atoms with E-state index in [2.05, 4.69) is 13.8 Å². The molecule has 0 saturated carbocycles. The van der Waals surface area contributed by atoms with Crippen molar-refractivity contribution in [2.45, 2.75) is 171 Å². The lowest BCUT2D eigenvalue weighted by Crippen LogP contribution is -3.00. The van der Waals surface area contributed by atoms with Crippen LogP contribution in [0.5, 0.6) is 0 Å². The number of rotatable bonds is 20. The van der Waals surface area contributed by atoms with E-state index >= 15 is 0 Å². The second-order valence-corrected chi connectivity index (χ2v) is 19.4. The molecular weight excluding hydrogens is 892 g/mol. The fourth-order valence-electron chi connectivity index (χ4n) is 6.85. The van der Waals surface area contributed by atoms with Crippen LogP contribution in [0, 0.1) is 23.7 Å². The molecule has 0 aliphatic heterocycles. The van der Waals surface area contributed by atoms with Gasteiger partial charge in [-0.1, -0.05) is 135 Å². The summed E-state index contributed by atoms with van der Waals surface area (Å²) in [6, 6.07) is 16.7. The topological polar surface area (TPSA) is 186 Å². The number of quaternary nitrogens is 1. The van der Waals surface area contributed by atoms with Gasteiger partial charge < -0.3 is 46.7 Å². The summed E-state index contributed by atoms with van der Waals surface area (Å²) in [5.41, 5.74) is 0.606. The maximum atomic E-state index is 13.7. The van der Waals surface area contributed by atoms with Crippen molar-refractivity contribution in [2.24, 2.45) is 23.7 Å². The molecule has 388 valence electrons. The smallest absolute Gasteiger partial charge is 0.410 e. The average molecular weight is 980 g/mol. The highest BCUT2D eigenvalue weighted by atomic mass is 35.5. The van der Waals surface area contributed by atoms with Gasteiger partial charge in [-0.2, -0.15) is 0 Å². The van der Waals surface area contributed by atoms with Gasteiger partial charge in [-0.15, -0.1) is 0 Å². The van der Waals surface area contributed by atoms with Crippen LogP contribution in [-0.2, 0) is 51.3 Å². The van der Waals surface area contributed by atoms with Crippen molar-refractivity contribution in [3.63, 3.8) is 0 Å². The van der Waals surface area contributed by atoms with Crippen LogP contribution >= 0.6 is 0 Å². The largest absolute Gasteiger partial charge is 1.00 e. The van der Waals surface area contributed by atoms with Gasteiger partial charge in [0, 0.05) is 27.1 Å². The van der Waals surface area contributed by atoms with Gasteiger partial charge in [-0.05, 0) is 76.8 Å². The first-order chi connectivity index (χ1) is 31.1. The molecule has 0 radical (unpaired) electrons. The minimum atomic E-state index is -1.01. The fourth-order valence-corrected chi connectivity index (χ4v) is 6.85.